The van der Waals surface area contributed by atoms with Gasteiger partial charge in [-0.1, -0.05) is 42.5 Å². The van der Waals surface area contributed by atoms with Crippen molar-refractivity contribution in [1.29, 1.82) is 0 Å². The van der Waals surface area contributed by atoms with E-state index in [9.17, 15) is 9.18 Å². The molecule has 4 nitrogen and oxygen atoms in total. The quantitative estimate of drug-likeness (QED) is 0.569. The number of amides is 1. The molecule has 6 heteroatoms. The van der Waals surface area contributed by atoms with Gasteiger partial charge in [-0.2, -0.15) is 0 Å². The third-order valence-electron chi connectivity index (χ3n) is 3.82. The highest BCUT2D eigenvalue weighted by Gasteiger charge is 2.10. The van der Waals surface area contributed by atoms with Gasteiger partial charge in [0.25, 0.3) is 5.91 Å². The van der Waals surface area contributed by atoms with Crippen LogP contribution in [0.4, 0.5) is 15.8 Å². The molecule has 0 saturated heterocycles. The zero-order valence-corrected chi connectivity index (χ0v) is 15.2. The van der Waals surface area contributed by atoms with Crippen LogP contribution in [-0.4, -0.2) is 11.0 Å². The standard InChI is InChI=1S/C21H18FN3OS/c22-19-9-5-4-8-18(19)20(26)24-16-10-12-17(13-11-16)25-21(27)23-14-15-6-2-1-3-7-15/h1-13H,14H2,(H,24,26)(H2,23,25,27). The van der Waals surface area contributed by atoms with E-state index in [-0.39, 0.29) is 5.56 Å². The molecule has 0 aliphatic carbocycles. The maximum absolute atomic E-state index is 13.7. The largest absolute Gasteiger partial charge is 0.358 e. The molecule has 0 fully saturated rings. The Kier molecular flexibility index (Phi) is 6.12. The van der Waals surface area contributed by atoms with E-state index in [0.29, 0.717) is 17.3 Å². The summed E-state index contributed by atoms with van der Waals surface area (Å²) in [5.74, 6) is -1.04. The predicted octanol–water partition coefficient (Wildman–Crippen LogP) is 4.56. The number of hydrogen-bond acceptors (Lipinski definition) is 2. The van der Waals surface area contributed by atoms with Gasteiger partial charge in [0.1, 0.15) is 5.82 Å². The molecule has 0 saturated carbocycles. The van der Waals surface area contributed by atoms with Gasteiger partial charge in [-0.05, 0) is 54.2 Å². The normalized spacial score (nSPS) is 10.1. The van der Waals surface area contributed by atoms with Crippen molar-refractivity contribution in [3.8, 4) is 0 Å². The highest BCUT2D eigenvalue weighted by molar-refractivity contribution is 7.80. The van der Waals surface area contributed by atoms with Crippen LogP contribution in [0.15, 0.2) is 78.9 Å². The first-order chi connectivity index (χ1) is 13.1. The highest BCUT2D eigenvalue weighted by Crippen LogP contribution is 2.15. The van der Waals surface area contributed by atoms with Crippen molar-refractivity contribution in [2.45, 2.75) is 6.54 Å². The molecule has 0 bridgehead atoms. The van der Waals surface area contributed by atoms with Crippen molar-refractivity contribution in [2.75, 3.05) is 10.6 Å². The lowest BCUT2D eigenvalue weighted by Crippen LogP contribution is -2.27. The fourth-order valence-electron chi connectivity index (χ4n) is 2.43. The molecule has 3 aromatic rings. The molecule has 0 aromatic heterocycles. The van der Waals surface area contributed by atoms with E-state index in [0.717, 1.165) is 11.3 Å². The Morgan fingerprint density at radius 3 is 2.07 bits per heavy atom. The molecule has 136 valence electrons. The average Bonchev–Trinajstić information content (AvgIpc) is 2.69. The minimum absolute atomic E-state index is 0.00555. The summed E-state index contributed by atoms with van der Waals surface area (Å²) in [5, 5.41) is 9.38. The van der Waals surface area contributed by atoms with Gasteiger partial charge in [-0.3, -0.25) is 4.79 Å². The molecule has 0 radical (unpaired) electrons. The fraction of sp³-hybridized carbons (Fsp3) is 0.0476. The summed E-state index contributed by atoms with van der Waals surface area (Å²) < 4.78 is 13.7. The van der Waals surface area contributed by atoms with E-state index in [1.807, 2.05) is 30.3 Å². The van der Waals surface area contributed by atoms with Gasteiger partial charge in [0, 0.05) is 17.9 Å². The summed E-state index contributed by atoms with van der Waals surface area (Å²) in [6.45, 7) is 0.628. The number of nitrogens with one attached hydrogen (secondary N) is 3. The van der Waals surface area contributed by atoms with Crippen molar-refractivity contribution in [1.82, 2.24) is 5.32 Å². The first-order valence-corrected chi connectivity index (χ1v) is 8.77. The van der Waals surface area contributed by atoms with Gasteiger partial charge in [0.05, 0.1) is 5.56 Å². The summed E-state index contributed by atoms with van der Waals surface area (Å²) in [6, 6.07) is 22.8. The van der Waals surface area contributed by atoms with E-state index in [4.69, 9.17) is 12.2 Å². The Morgan fingerprint density at radius 2 is 1.41 bits per heavy atom. The number of benzene rings is 3. The summed E-state index contributed by atoms with van der Waals surface area (Å²) in [4.78, 5) is 12.1. The Balaban J connectivity index is 1.53. The molecular formula is C21H18FN3OS. The van der Waals surface area contributed by atoms with E-state index in [1.54, 1.807) is 36.4 Å². The van der Waals surface area contributed by atoms with Crippen molar-refractivity contribution in [2.24, 2.45) is 0 Å². The Hall–Kier alpha value is -3.25. The van der Waals surface area contributed by atoms with Gasteiger partial charge in [-0.25, -0.2) is 4.39 Å². The molecule has 0 aliphatic heterocycles. The molecule has 0 unspecified atom stereocenters. The number of halogens is 1. The molecule has 27 heavy (non-hydrogen) atoms. The number of carbonyl (C=O) groups is 1. The van der Waals surface area contributed by atoms with E-state index >= 15 is 0 Å². The van der Waals surface area contributed by atoms with Gasteiger partial charge in [0.15, 0.2) is 5.11 Å². The number of carbonyl (C=O) groups excluding carboxylic acids is 1. The SMILES string of the molecule is O=C(Nc1ccc(NC(=S)NCc2ccccc2)cc1)c1ccccc1F. The molecule has 1 amide bonds. The number of rotatable bonds is 5. The van der Waals surface area contributed by atoms with Crippen LogP contribution in [0.2, 0.25) is 0 Å². The molecule has 3 rings (SSSR count). The highest BCUT2D eigenvalue weighted by atomic mass is 32.1. The minimum atomic E-state index is -0.553. The first kappa shape index (κ1) is 18.5. The second-order valence-corrected chi connectivity index (χ2v) is 6.21. The zero-order valence-electron chi connectivity index (χ0n) is 14.4. The van der Waals surface area contributed by atoms with Crippen LogP contribution in [0, 0.1) is 5.82 Å². The number of thiocarbonyl (C=S) groups is 1. The third-order valence-corrected chi connectivity index (χ3v) is 4.06. The predicted molar refractivity (Wildman–Crippen MR) is 110 cm³/mol. The molecule has 0 spiro atoms. The van der Waals surface area contributed by atoms with Gasteiger partial charge in [0.2, 0.25) is 0 Å². The number of hydrogen-bond donors (Lipinski definition) is 3. The molecule has 0 aliphatic rings. The third kappa shape index (κ3) is 5.36. The smallest absolute Gasteiger partial charge is 0.258 e. The van der Waals surface area contributed by atoms with Crippen LogP contribution in [-0.2, 0) is 6.54 Å². The summed E-state index contributed by atoms with van der Waals surface area (Å²) in [5.41, 5.74) is 2.49. The van der Waals surface area contributed by atoms with Crippen molar-refractivity contribution in [3.05, 3.63) is 95.8 Å². The van der Waals surface area contributed by atoms with E-state index in [2.05, 4.69) is 16.0 Å². The average molecular weight is 379 g/mol. The minimum Gasteiger partial charge on any atom is -0.358 e. The Morgan fingerprint density at radius 1 is 0.815 bits per heavy atom. The van der Waals surface area contributed by atoms with Crippen molar-refractivity contribution >= 4 is 34.6 Å². The van der Waals surface area contributed by atoms with Crippen LogP contribution in [0.3, 0.4) is 0 Å². The lowest BCUT2D eigenvalue weighted by molar-refractivity contribution is 0.102. The summed E-state index contributed by atoms with van der Waals surface area (Å²) in [6.07, 6.45) is 0. The first-order valence-electron chi connectivity index (χ1n) is 8.36. The molecule has 0 atom stereocenters. The van der Waals surface area contributed by atoms with Crippen LogP contribution >= 0.6 is 12.2 Å². The monoisotopic (exact) mass is 379 g/mol. The maximum atomic E-state index is 13.7. The van der Waals surface area contributed by atoms with Crippen molar-refractivity contribution < 1.29 is 9.18 Å². The number of anilines is 2. The Bertz CT molecular complexity index is 930. The van der Waals surface area contributed by atoms with Gasteiger partial charge in [-0.15, -0.1) is 0 Å². The molecule has 0 heterocycles. The maximum Gasteiger partial charge on any atom is 0.258 e. The molecule has 3 N–H and O–H groups in total. The van der Waals surface area contributed by atoms with Gasteiger partial charge < -0.3 is 16.0 Å². The van der Waals surface area contributed by atoms with Crippen LogP contribution in [0.5, 0.6) is 0 Å². The fourth-order valence-corrected chi connectivity index (χ4v) is 2.62. The topological polar surface area (TPSA) is 53.2 Å². The van der Waals surface area contributed by atoms with E-state index in [1.165, 1.54) is 12.1 Å². The van der Waals surface area contributed by atoms with Gasteiger partial charge >= 0.3 is 0 Å². The zero-order chi connectivity index (χ0) is 19.1. The van der Waals surface area contributed by atoms with Crippen LogP contribution in [0.25, 0.3) is 0 Å². The Labute approximate surface area is 162 Å². The molecular weight excluding hydrogens is 361 g/mol. The van der Waals surface area contributed by atoms with Crippen LogP contribution in [0.1, 0.15) is 15.9 Å². The van der Waals surface area contributed by atoms with Crippen molar-refractivity contribution in [3.63, 3.8) is 0 Å². The lowest BCUT2D eigenvalue weighted by atomic mass is 10.2. The summed E-state index contributed by atoms with van der Waals surface area (Å²) in [7, 11) is 0. The second kappa shape index (κ2) is 8.91. The second-order valence-electron chi connectivity index (χ2n) is 5.80. The lowest BCUT2D eigenvalue weighted by Gasteiger charge is -2.11. The molecule has 3 aromatic carbocycles. The summed E-state index contributed by atoms with van der Waals surface area (Å²) >= 11 is 5.28. The van der Waals surface area contributed by atoms with E-state index < -0.39 is 11.7 Å². The van der Waals surface area contributed by atoms with Crippen LogP contribution < -0.4 is 16.0 Å².